The van der Waals surface area contributed by atoms with E-state index in [-0.39, 0.29) is 19.6 Å². The third-order valence-electron chi connectivity index (χ3n) is 4.90. The van der Waals surface area contributed by atoms with E-state index in [0.717, 1.165) is 16.7 Å². The summed E-state index contributed by atoms with van der Waals surface area (Å²) in [4.78, 5) is 35.8. The maximum atomic E-state index is 12.2. The van der Waals surface area contributed by atoms with Gasteiger partial charge in [-0.05, 0) is 28.8 Å². The van der Waals surface area contributed by atoms with Crippen LogP contribution < -0.4 is 21.1 Å². The second-order valence-electron chi connectivity index (χ2n) is 7.56. The third kappa shape index (κ3) is 8.31. The molecular formula is C26H27N3O5. The van der Waals surface area contributed by atoms with Gasteiger partial charge < -0.3 is 25.8 Å². The van der Waals surface area contributed by atoms with E-state index in [9.17, 15) is 14.4 Å². The van der Waals surface area contributed by atoms with Crippen LogP contribution in [-0.4, -0.2) is 30.5 Å². The molecule has 8 nitrogen and oxygen atoms in total. The van der Waals surface area contributed by atoms with Crippen molar-refractivity contribution in [2.75, 3.05) is 6.54 Å². The number of hydrogen-bond acceptors (Lipinski definition) is 5. The average molecular weight is 462 g/mol. The molecule has 0 fully saturated rings. The van der Waals surface area contributed by atoms with E-state index < -0.39 is 23.9 Å². The summed E-state index contributed by atoms with van der Waals surface area (Å²) >= 11 is 0. The van der Waals surface area contributed by atoms with Gasteiger partial charge in [-0.1, -0.05) is 72.8 Å². The Morgan fingerprint density at radius 1 is 0.765 bits per heavy atom. The zero-order chi connectivity index (χ0) is 24.2. The molecule has 3 aromatic rings. The highest BCUT2D eigenvalue weighted by Gasteiger charge is 2.19. The number of nitrogens with two attached hydrogens (primary N) is 1. The highest BCUT2D eigenvalue weighted by atomic mass is 16.5. The molecule has 0 aromatic heterocycles. The number of carbonyl (C=O) groups is 3. The predicted molar refractivity (Wildman–Crippen MR) is 127 cm³/mol. The Morgan fingerprint density at radius 3 is 1.94 bits per heavy atom. The Kier molecular flexibility index (Phi) is 9.04. The quantitative estimate of drug-likeness (QED) is 0.406. The van der Waals surface area contributed by atoms with Crippen LogP contribution in [0.25, 0.3) is 0 Å². The molecule has 34 heavy (non-hydrogen) atoms. The first-order valence-electron chi connectivity index (χ1n) is 10.8. The van der Waals surface area contributed by atoms with Gasteiger partial charge in [0.25, 0.3) is 0 Å². The molecule has 0 radical (unpaired) electrons. The van der Waals surface area contributed by atoms with Gasteiger partial charge in [0.1, 0.15) is 31.5 Å². The monoisotopic (exact) mass is 461 g/mol. The number of nitrogens with one attached hydrogen (secondary N) is 2. The van der Waals surface area contributed by atoms with Crippen molar-refractivity contribution in [1.82, 2.24) is 10.6 Å². The van der Waals surface area contributed by atoms with Crippen LogP contribution in [0.4, 0.5) is 4.79 Å². The van der Waals surface area contributed by atoms with Crippen LogP contribution in [0.3, 0.4) is 0 Å². The molecule has 4 N–H and O–H groups in total. The lowest BCUT2D eigenvalue weighted by atomic mass is 10.1. The summed E-state index contributed by atoms with van der Waals surface area (Å²) in [5.41, 5.74) is 8.13. The fourth-order valence-electron chi connectivity index (χ4n) is 3.09. The molecule has 0 spiro atoms. The number of primary amides is 1. The molecule has 3 rings (SSSR count). The molecule has 0 unspecified atom stereocenters. The second-order valence-corrected chi connectivity index (χ2v) is 7.56. The zero-order valence-corrected chi connectivity index (χ0v) is 18.6. The molecule has 0 bridgehead atoms. The summed E-state index contributed by atoms with van der Waals surface area (Å²) in [6, 6.07) is 25.2. The van der Waals surface area contributed by atoms with Crippen LogP contribution >= 0.6 is 0 Å². The van der Waals surface area contributed by atoms with Gasteiger partial charge in [0.15, 0.2) is 0 Å². The van der Waals surface area contributed by atoms with Gasteiger partial charge in [0.2, 0.25) is 11.8 Å². The minimum atomic E-state index is -0.925. The van der Waals surface area contributed by atoms with E-state index in [2.05, 4.69) is 10.6 Å². The van der Waals surface area contributed by atoms with Gasteiger partial charge in [-0.3, -0.25) is 9.59 Å². The molecule has 3 aromatic carbocycles. The van der Waals surface area contributed by atoms with Crippen molar-refractivity contribution in [2.45, 2.75) is 25.7 Å². The van der Waals surface area contributed by atoms with Crippen molar-refractivity contribution in [3.8, 4) is 5.75 Å². The first kappa shape index (κ1) is 24.3. The smallest absolute Gasteiger partial charge is 0.407 e. The van der Waals surface area contributed by atoms with Crippen LogP contribution in [0, 0.1) is 0 Å². The molecular weight excluding hydrogens is 434 g/mol. The molecule has 0 saturated heterocycles. The van der Waals surface area contributed by atoms with Crippen LogP contribution in [0.15, 0.2) is 84.9 Å². The van der Waals surface area contributed by atoms with E-state index in [1.54, 1.807) is 12.1 Å². The fourth-order valence-corrected chi connectivity index (χ4v) is 3.09. The fraction of sp³-hybridized carbons (Fsp3) is 0.192. The van der Waals surface area contributed by atoms with Crippen LogP contribution in [0.5, 0.6) is 5.75 Å². The SMILES string of the molecule is NC(=O)[C@H](Cc1ccc(OCc2ccccc2)cc1)NC(=O)CNC(=O)OCc1ccccc1. The molecule has 0 aliphatic rings. The molecule has 0 aliphatic carbocycles. The van der Waals surface area contributed by atoms with Crippen molar-refractivity contribution in [2.24, 2.45) is 5.73 Å². The topological polar surface area (TPSA) is 120 Å². The minimum absolute atomic E-state index is 0.0866. The van der Waals surface area contributed by atoms with Crippen LogP contribution in [0.2, 0.25) is 0 Å². The standard InChI is InChI=1S/C26H27N3O5/c27-25(31)23(29-24(30)16-28-26(32)34-18-21-9-5-2-6-10-21)15-19-11-13-22(14-12-19)33-17-20-7-3-1-4-8-20/h1-14,23H,15-18H2,(H2,27,31)(H,28,32)(H,29,30)/t23-/m0/s1. The summed E-state index contributed by atoms with van der Waals surface area (Å²) in [5.74, 6) is -0.543. The zero-order valence-electron chi connectivity index (χ0n) is 18.6. The van der Waals surface area contributed by atoms with Crippen LogP contribution in [-0.2, 0) is 34.0 Å². The van der Waals surface area contributed by atoms with Gasteiger partial charge >= 0.3 is 6.09 Å². The Balaban J connectivity index is 1.42. The Hall–Kier alpha value is -4.33. The van der Waals surface area contributed by atoms with Crippen molar-refractivity contribution < 1.29 is 23.9 Å². The van der Waals surface area contributed by atoms with Crippen molar-refractivity contribution >= 4 is 17.9 Å². The molecule has 0 saturated carbocycles. The molecule has 0 aliphatic heterocycles. The Morgan fingerprint density at radius 2 is 1.35 bits per heavy atom. The van der Waals surface area contributed by atoms with Crippen molar-refractivity contribution in [1.29, 1.82) is 0 Å². The lowest BCUT2D eigenvalue weighted by Crippen LogP contribution is -2.49. The molecule has 0 heterocycles. The highest BCUT2D eigenvalue weighted by molar-refractivity contribution is 5.88. The van der Waals surface area contributed by atoms with Gasteiger partial charge in [0.05, 0.1) is 0 Å². The van der Waals surface area contributed by atoms with Gasteiger partial charge in [-0.15, -0.1) is 0 Å². The number of amides is 3. The molecule has 176 valence electrons. The lowest BCUT2D eigenvalue weighted by Gasteiger charge is -2.16. The minimum Gasteiger partial charge on any atom is -0.489 e. The van der Waals surface area contributed by atoms with Crippen LogP contribution in [0.1, 0.15) is 16.7 Å². The summed E-state index contributed by atoms with van der Waals surface area (Å²) in [5, 5.41) is 4.89. The number of carbonyl (C=O) groups excluding carboxylic acids is 3. The van der Waals surface area contributed by atoms with Crippen molar-refractivity contribution in [3.05, 3.63) is 102 Å². The third-order valence-corrected chi connectivity index (χ3v) is 4.90. The number of rotatable bonds is 11. The number of hydrogen-bond donors (Lipinski definition) is 3. The molecule has 8 heteroatoms. The van der Waals surface area contributed by atoms with E-state index >= 15 is 0 Å². The molecule has 1 atom stereocenters. The summed E-state index contributed by atoms with van der Waals surface area (Å²) in [6.07, 6.45) is -0.529. The van der Waals surface area contributed by atoms with Gasteiger partial charge in [-0.25, -0.2) is 4.79 Å². The first-order chi connectivity index (χ1) is 16.5. The number of ether oxygens (including phenoxy) is 2. The Labute approximate surface area is 198 Å². The van der Waals surface area contributed by atoms with E-state index in [0.29, 0.717) is 12.4 Å². The average Bonchev–Trinajstić information content (AvgIpc) is 2.86. The summed E-state index contributed by atoms with van der Waals surface area (Å²) in [6.45, 7) is 0.188. The Bertz CT molecular complexity index is 1070. The number of benzene rings is 3. The molecule has 3 amide bonds. The lowest BCUT2D eigenvalue weighted by molar-refractivity contribution is -0.126. The largest absolute Gasteiger partial charge is 0.489 e. The predicted octanol–water partition coefficient (Wildman–Crippen LogP) is 2.70. The maximum Gasteiger partial charge on any atom is 0.407 e. The summed E-state index contributed by atoms with van der Waals surface area (Å²) in [7, 11) is 0. The van der Waals surface area contributed by atoms with Gasteiger partial charge in [0, 0.05) is 6.42 Å². The van der Waals surface area contributed by atoms with Gasteiger partial charge in [-0.2, -0.15) is 0 Å². The van der Waals surface area contributed by atoms with E-state index in [1.165, 1.54) is 0 Å². The highest BCUT2D eigenvalue weighted by Crippen LogP contribution is 2.15. The second kappa shape index (κ2) is 12.6. The van der Waals surface area contributed by atoms with E-state index in [4.69, 9.17) is 15.2 Å². The van der Waals surface area contributed by atoms with Crippen molar-refractivity contribution in [3.63, 3.8) is 0 Å². The number of alkyl carbamates (subject to hydrolysis) is 1. The van der Waals surface area contributed by atoms with E-state index in [1.807, 2.05) is 72.8 Å². The normalized spacial score (nSPS) is 11.2. The first-order valence-corrected chi connectivity index (χ1v) is 10.8. The maximum absolute atomic E-state index is 12.2. The summed E-state index contributed by atoms with van der Waals surface area (Å²) < 4.78 is 10.8.